The Bertz CT molecular complexity index is 331. The minimum atomic E-state index is -1.18. The standard InChI is InChI=1S/C11H19NO5/c1-10(2,3)17-9(15)12-6-11(4,16)5-7(12)8(13)14/h7,16H,5-6H2,1-4H3,(H,13,14). The van der Waals surface area contributed by atoms with E-state index in [0.29, 0.717) is 0 Å². The molecule has 0 bridgehead atoms. The third-order valence-corrected chi connectivity index (χ3v) is 2.43. The van der Waals surface area contributed by atoms with Crippen molar-refractivity contribution in [3.63, 3.8) is 0 Å². The van der Waals surface area contributed by atoms with Gasteiger partial charge < -0.3 is 14.9 Å². The summed E-state index contributed by atoms with van der Waals surface area (Å²) >= 11 is 0. The van der Waals surface area contributed by atoms with Gasteiger partial charge in [0.2, 0.25) is 0 Å². The third-order valence-electron chi connectivity index (χ3n) is 2.43. The van der Waals surface area contributed by atoms with Crippen LogP contribution in [0.5, 0.6) is 0 Å². The number of hydrogen-bond acceptors (Lipinski definition) is 4. The van der Waals surface area contributed by atoms with E-state index < -0.39 is 29.3 Å². The average molecular weight is 245 g/mol. The lowest BCUT2D eigenvalue weighted by Crippen LogP contribution is -2.43. The van der Waals surface area contributed by atoms with Gasteiger partial charge in [0.05, 0.1) is 12.1 Å². The van der Waals surface area contributed by atoms with Crippen molar-refractivity contribution in [1.29, 1.82) is 0 Å². The minimum absolute atomic E-state index is 0.0155. The topological polar surface area (TPSA) is 87.1 Å². The molecule has 1 rings (SSSR count). The third kappa shape index (κ3) is 3.59. The molecule has 1 saturated heterocycles. The lowest BCUT2D eigenvalue weighted by atomic mass is 10.0. The number of aliphatic carboxylic acids is 1. The molecular formula is C11H19NO5. The Morgan fingerprint density at radius 1 is 1.41 bits per heavy atom. The number of aliphatic hydroxyl groups is 1. The van der Waals surface area contributed by atoms with E-state index in [1.807, 2.05) is 0 Å². The Balaban J connectivity index is 2.81. The van der Waals surface area contributed by atoms with Crippen molar-refractivity contribution in [2.45, 2.75) is 51.4 Å². The fraction of sp³-hybridized carbons (Fsp3) is 0.818. The van der Waals surface area contributed by atoms with Crippen LogP contribution in [0.4, 0.5) is 4.79 Å². The average Bonchev–Trinajstić information content (AvgIpc) is 2.38. The highest BCUT2D eigenvalue weighted by Gasteiger charge is 2.46. The largest absolute Gasteiger partial charge is 0.480 e. The first-order valence-corrected chi connectivity index (χ1v) is 5.47. The molecule has 2 atom stereocenters. The number of carboxylic acid groups (broad SMARTS) is 1. The Labute approximate surface area is 100 Å². The number of carbonyl (C=O) groups excluding carboxylic acids is 1. The quantitative estimate of drug-likeness (QED) is 0.714. The first-order chi connectivity index (χ1) is 7.52. The normalized spacial score (nSPS) is 29.2. The number of nitrogens with zero attached hydrogens (tertiary/aromatic N) is 1. The molecule has 2 unspecified atom stereocenters. The Kier molecular flexibility index (Phi) is 3.38. The molecule has 2 N–H and O–H groups in total. The minimum Gasteiger partial charge on any atom is -0.480 e. The van der Waals surface area contributed by atoms with Crippen molar-refractivity contribution in [2.75, 3.05) is 6.54 Å². The van der Waals surface area contributed by atoms with Gasteiger partial charge in [-0.15, -0.1) is 0 Å². The number of likely N-dealkylation sites (tertiary alicyclic amines) is 1. The lowest BCUT2D eigenvalue weighted by molar-refractivity contribution is -0.142. The summed E-state index contributed by atoms with van der Waals surface area (Å²) < 4.78 is 5.11. The molecule has 98 valence electrons. The van der Waals surface area contributed by atoms with Gasteiger partial charge in [0.15, 0.2) is 0 Å². The molecule has 0 aromatic rings. The zero-order valence-electron chi connectivity index (χ0n) is 10.6. The smallest absolute Gasteiger partial charge is 0.411 e. The zero-order chi connectivity index (χ0) is 13.4. The van der Waals surface area contributed by atoms with Gasteiger partial charge in [-0.25, -0.2) is 9.59 Å². The second kappa shape index (κ2) is 4.18. The molecule has 0 spiro atoms. The van der Waals surface area contributed by atoms with Crippen LogP contribution in [0.15, 0.2) is 0 Å². The number of carbonyl (C=O) groups is 2. The molecule has 1 amide bonds. The summed E-state index contributed by atoms with van der Waals surface area (Å²) in [4.78, 5) is 23.9. The molecule has 0 radical (unpaired) electrons. The van der Waals surface area contributed by atoms with E-state index in [-0.39, 0.29) is 13.0 Å². The van der Waals surface area contributed by atoms with Crippen LogP contribution in [-0.4, -0.2) is 51.0 Å². The van der Waals surface area contributed by atoms with Gasteiger partial charge in [-0.05, 0) is 27.7 Å². The zero-order valence-corrected chi connectivity index (χ0v) is 10.6. The van der Waals surface area contributed by atoms with Gasteiger partial charge in [-0.2, -0.15) is 0 Å². The molecule has 17 heavy (non-hydrogen) atoms. The van der Waals surface area contributed by atoms with E-state index in [4.69, 9.17) is 9.84 Å². The van der Waals surface area contributed by atoms with E-state index in [9.17, 15) is 14.7 Å². The summed E-state index contributed by atoms with van der Waals surface area (Å²) in [6.07, 6.45) is -0.690. The fourth-order valence-electron chi connectivity index (χ4n) is 1.80. The van der Waals surface area contributed by atoms with Crippen molar-refractivity contribution in [3.8, 4) is 0 Å². The number of carboxylic acids is 1. The van der Waals surface area contributed by atoms with E-state index in [0.717, 1.165) is 4.90 Å². The molecule has 0 aliphatic carbocycles. The number of ether oxygens (including phenoxy) is 1. The maximum Gasteiger partial charge on any atom is 0.411 e. The molecule has 1 heterocycles. The first kappa shape index (κ1) is 13.8. The van der Waals surface area contributed by atoms with Crippen molar-refractivity contribution >= 4 is 12.1 Å². The predicted molar refractivity (Wildman–Crippen MR) is 59.6 cm³/mol. The highest BCUT2D eigenvalue weighted by Crippen LogP contribution is 2.28. The summed E-state index contributed by atoms with van der Waals surface area (Å²) in [5.41, 5.74) is -1.87. The summed E-state index contributed by atoms with van der Waals surface area (Å²) in [5.74, 6) is -1.13. The molecule has 6 nitrogen and oxygen atoms in total. The van der Waals surface area contributed by atoms with Gasteiger partial charge in [0.25, 0.3) is 0 Å². The van der Waals surface area contributed by atoms with E-state index in [2.05, 4.69) is 0 Å². The van der Waals surface area contributed by atoms with Gasteiger partial charge in [-0.3, -0.25) is 4.90 Å². The van der Waals surface area contributed by atoms with Crippen LogP contribution >= 0.6 is 0 Å². The maximum atomic E-state index is 11.8. The van der Waals surface area contributed by atoms with Gasteiger partial charge >= 0.3 is 12.1 Å². The van der Waals surface area contributed by atoms with Crippen LogP contribution in [-0.2, 0) is 9.53 Å². The molecule has 1 fully saturated rings. The van der Waals surface area contributed by atoms with Crippen LogP contribution < -0.4 is 0 Å². The van der Waals surface area contributed by atoms with E-state index in [1.54, 1.807) is 20.8 Å². The highest BCUT2D eigenvalue weighted by molar-refractivity contribution is 5.81. The molecule has 6 heteroatoms. The molecule has 0 aromatic heterocycles. The van der Waals surface area contributed by atoms with Crippen molar-refractivity contribution in [3.05, 3.63) is 0 Å². The summed E-state index contributed by atoms with van der Waals surface area (Å²) in [6.45, 7) is 6.59. The summed E-state index contributed by atoms with van der Waals surface area (Å²) in [5, 5.41) is 18.8. The molecule has 1 aliphatic rings. The molecule has 0 aromatic carbocycles. The monoisotopic (exact) mass is 245 g/mol. The SMILES string of the molecule is CC1(O)CC(C(=O)O)N(C(=O)OC(C)(C)C)C1. The summed E-state index contributed by atoms with van der Waals surface area (Å²) in [6, 6.07) is -1.03. The van der Waals surface area contributed by atoms with Crippen LogP contribution in [0.25, 0.3) is 0 Å². The van der Waals surface area contributed by atoms with Gasteiger partial charge in [0.1, 0.15) is 11.6 Å². The molecule has 0 saturated carbocycles. The number of rotatable bonds is 1. The van der Waals surface area contributed by atoms with E-state index >= 15 is 0 Å². The second-order valence-electron chi connectivity index (χ2n) is 5.66. The van der Waals surface area contributed by atoms with Crippen molar-refractivity contribution in [2.24, 2.45) is 0 Å². The molecular weight excluding hydrogens is 226 g/mol. The Hall–Kier alpha value is -1.30. The Morgan fingerprint density at radius 2 is 1.94 bits per heavy atom. The maximum absolute atomic E-state index is 11.8. The number of hydrogen-bond donors (Lipinski definition) is 2. The van der Waals surface area contributed by atoms with E-state index in [1.165, 1.54) is 6.92 Å². The lowest BCUT2D eigenvalue weighted by Gasteiger charge is -2.26. The van der Waals surface area contributed by atoms with Crippen LogP contribution in [0, 0.1) is 0 Å². The first-order valence-electron chi connectivity index (χ1n) is 5.47. The summed E-state index contributed by atoms with van der Waals surface area (Å²) in [7, 11) is 0. The van der Waals surface area contributed by atoms with Crippen LogP contribution in [0.1, 0.15) is 34.1 Å². The number of amides is 1. The van der Waals surface area contributed by atoms with Gasteiger partial charge in [0, 0.05) is 6.42 Å². The number of β-amino-alcohol motifs (C(OH)–C–C–N with tert-alkyl or cyclic N) is 1. The Morgan fingerprint density at radius 3 is 2.35 bits per heavy atom. The fourth-order valence-corrected chi connectivity index (χ4v) is 1.80. The molecule has 1 aliphatic heterocycles. The van der Waals surface area contributed by atoms with Crippen LogP contribution in [0.3, 0.4) is 0 Å². The van der Waals surface area contributed by atoms with Gasteiger partial charge in [-0.1, -0.05) is 0 Å². The highest BCUT2D eigenvalue weighted by atomic mass is 16.6. The van der Waals surface area contributed by atoms with Crippen molar-refractivity contribution in [1.82, 2.24) is 4.90 Å². The van der Waals surface area contributed by atoms with Crippen LogP contribution in [0.2, 0.25) is 0 Å². The predicted octanol–water partition coefficient (Wildman–Crippen LogP) is 0.831. The van der Waals surface area contributed by atoms with Crippen molar-refractivity contribution < 1.29 is 24.5 Å². The second-order valence-corrected chi connectivity index (χ2v) is 5.66.